The molecule has 2 heterocycles. The van der Waals surface area contributed by atoms with Gasteiger partial charge in [0.05, 0.1) is 31.5 Å². The average Bonchev–Trinajstić information content (AvgIpc) is 0.893. The van der Waals surface area contributed by atoms with Crippen molar-refractivity contribution in [3.8, 4) is 22.3 Å². The van der Waals surface area contributed by atoms with Gasteiger partial charge in [0.2, 0.25) is 0 Å². The van der Waals surface area contributed by atoms with E-state index in [1.54, 1.807) is 51.2 Å². The number of esters is 1. The summed E-state index contributed by atoms with van der Waals surface area (Å²) in [5, 5.41) is 9.77. The summed E-state index contributed by atoms with van der Waals surface area (Å²) in [4.78, 5) is 82.7. The molecule has 0 aliphatic heterocycles. The Kier molecular flexibility index (Phi) is 31.3. The van der Waals surface area contributed by atoms with Crippen molar-refractivity contribution >= 4 is 23.5 Å². The van der Waals surface area contributed by atoms with Gasteiger partial charge in [-0.2, -0.15) is 0 Å². The second-order valence-corrected chi connectivity index (χ2v) is 24.5. The zero-order valence-corrected chi connectivity index (χ0v) is 54.9. The minimum absolute atomic E-state index is 0. The predicted molar refractivity (Wildman–Crippen MR) is 339 cm³/mol. The van der Waals surface area contributed by atoms with Crippen molar-refractivity contribution in [3.63, 3.8) is 0 Å². The van der Waals surface area contributed by atoms with Crippen molar-refractivity contribution in [2.45, 2.75) is 151 Å². The maximum Gasteiger partial charge on any atom is 1.00 e. The van der Waals surface area contributed by atoms with Crippen LogP contribution in [0.1, 0.15) is 153 Å². The molecule has 0 saturated carbocycles. The van der Waals surface area contributed by atoms with Crippen molar-refractivity contribution in [1.29, 1.82) is 0 Å². The third-order valence-corrected chi connectivity index (χ3v) is 15.6. The van der Waals surface area contributed by atoms with E-state index in [0.29, 0.717) is 48.2 Å². The summed E-state index contributed by atoms with van der Waals surface area (Å²) in [6, 6.07) is 19.1. The predicted octanol–water partition coefficient (Wildman–Crippen LogP) is 9.74. The molecule has 480 valence electrons. The van der Waals surface area contributed by atoms with Crippen LogP contribution in [0, 0.1) is 76.6 Å². The molecule has 4 N–H and O–H groups in total. The SMILES string of the molecule is CCOC(=O)C[C@H](CC(=O)C(CC(C)C)n1cc(CCN(C)C)cc(F)c1=O)c1cc(-c2c(C)cccc2C)cc(C)c1F.Cc1cc(-c2c(C)cccc2C)cc([C@H](CC(=O)O)CC(=O)C(CC(C)C)n2cc(CCN(C)C)cc(F)c2=O)c1F.O.[Li+].[OH-]. The standard InChI is InChI=1S/C36H46F2N2O4.C34H42F2N2O4.Li.2H2O/c1-9-44-33(42)20-27(29-18-28(16-25(6)35(29)38)34-23(4)11-10-12-24(34)5)19-32(41)31(15-22(2)3)40-21-26(13-14-39(7)8)17-30(37)36(40)43;1-20(2)13-29(38-19-24(11-12-37(6)7)15-28(35)34(38)42)30(39)17-25(18-31(40)41)27-16-26(14-23(5)33(27)36)32-21(3)9-8-10-22(32)4;;;/h10-12,16-18,21-22,27,31H,9,13-15,19-20H2,1-8H3;8-10,14-16,19-20,25,29H,11-13,17-18H2,1-7H3,(H,40,41);;2*1H2/q;;+1;;/p-1/t27-,31?;25-,29?;;;/m00.../s1. The third-order valence-electron chi connectivity index (χ3n) is 15.6. The van der Waals surface area contributed by atoms with Crippen molar-refractivity contribution < 1.29 is 76.4 Å². The number of hydrogen-bond donors (Lipinski definition) is 1. The largest absolute Gasteiger partial charge is 1.00 e. The molecular weight excluding hydrogens is 1140 g/mol. The van der Waals surface area contributed by atoms with Crippen molar-refractivity contribution in [1.82, 2.24) is 18.9 Å². The first kappa shape index (κ1) is 78.3. The summed E-state index contributed by atoms with van der Waals surface area (Å²) in [7, 11) is 7.57. The Morgan fingerprint density at radius 1 is 0.551 bits per heavy atom. The van der Waals surface area contributed by atoms with Crippen LogP contribution in [0.25, 0.3) is 22.3 Å². The molecular formula is C70H91F4LiN4O10. The van der Waals surface area contributed by atoms with Crippen LogP contribution >= 0.6 is 0 Å². The summed E-state index contributed by atoms with van der Waals surface area (Å²) in [5.74, 6) is -7.29. The molecule has 14 nitrogen and oxygen atoms in total. The number of ether oxygens (including phenoxy) is 1. The number of carbonyl (C=O) groups excluding carboxylic acids is 3. The molecule has 2 unspecified atom stereocenters. The van der Waals surface area contributed by atoms with E-state index < -0.39 is 82.4 Å². The van der Waals surface area contributed by atoms with E-state index in [9.17, 15) is 42.7 Å². The number of aryl methyl sites for hydroxylation is 6. The fourth-order valence-electron chi connectivity index (χ4n) is 11.4. The van der Waals surface area contributed by atoms with E-state index >= 15 is 8.78 Å². The number of carbonyl (C=O) groups is 4. The molecule has 0 spiro atoms. The topological polar surface area (TPSA) is 210 Å². The van der Waals surface area contributed by atoms with E-state index in [1.807, 2.05) is 130 Å². The monoisotopic (exact) mass is 1230 g/mol. The Balaban J connectivity index is 0.000000588. The zero-order valence-electron chi connectivity index (χ0n) is 54.9. The number of benzene rings is 4. The molecule has 0 aliphatic carbocycles. The van der Waals surface area contributed by atoms with Crippen molar-refractivity contribution in [3.05, 3.63) is 185 Å². The Bertz CT molecular complexity index is 3480. The quantitative estimate of drug-likeness (QED) is 0.0291. The van der Waals surface area contributed by atoms with Gasteiger partial charge in [0.25, 0.3) is 11.1 Å². The molecule has 0 bridgehead atoms. The normalized spacial score (nSPS) is 12.5. The number of nitrogens with zero attached hydrogens (tertiary/aromatic N) is 4. The third kappa shape index (κ3) is 21.4. The molecule has 4 aromatic carbocycles. The van der Waals surface area contributed by atoms with E-state index in [0.717, 1.165) is 49.1 Å². The molecule has 6 rings (SSSR count). The first-order chi connectivity index (χ1) is 40.4. The summed E-state index contributed by atoms with van der Waals surface area (Å²) in [5.41, 5.74) is 7.97. The van der Waals surface area contributed by atoms with Gasteiger partial charge in [-0.25, -0.2) is 17.6 Å². The van der Waals surface area contributed by atoms with Crippen LogP contribution < -0.4 is 30.0 Å². The Labute approximate surface area is 534 Å². The molecule has 6 aromatic rings. The van der Waals surface area contributed by atoms with Crippen LogP contribution in [-0.4, -0.2) is 106 Å². The van der Waals surface area contributed by atoms with E-state index in [-0.39, 0.29) is 97.3 Å². The van der Waals surface area contributed by atoms with Crippen LogP contribution in [0.5, 0.6) is 0 Å². The van der Waals surface area contributed by atoms with Gasteiger partial charge >= 0.3 is 30.8 Å². The van der Waals surface area contributed by atoms with E-state index in [4.69, 9.17) is 4.74 Å². The summed E-state index contributed by atoms with van der Waals surface area (Å²) >= 11 is 0. The maximum absolute atomic E-state index is 15.9. The van der Waals surface area contributed by atoms with Crippen molar-refractivity contribution in [2.24, 2.45) is 11.8 Å². The van der Waals surface area contributed by atoms with Crippen molar-refractivity contribution in [2.75, 3.05) is 47.9 Å². The van der Waals surface area contributed by atoms with Gasteiger partial charge in [-0.1, -0.05) is 64.1 Å². The zero-order chi connectivity index (χ0) is 64.0. The van der Waals surface area contributed by atoms with Crippen LogP contribution in [0.15, 0.2) is 94.8 Å². The van der Waals surface area contributed by atoms with Gasteiger partial charge in [-0.3, -0.25) is 28.8 Å². The number of ketones is 2. The number of likely N-dealkylation sites (N-methyl/N-ethyl adjacent to an activating group) is 2. The molecule has 19 heteroatoms. The average molecular weight is 1230 g/mol. The second-order valence-electron chi connectivity index (χ2n) is 24.5. The van der Waals surface area contributed by atoms with Gasteiger partial charge in [0.15, 0.2) is 23.2 Å². The number of halogens is 4. The van der Waals surface area contributed by atoms with Gasteiger partial charge in [-0.15, -0.1) is 0 Å². The van der Waals surface area contributed by atoms with Gasteiger partial charge in [0.1, 0.15) is 11.6 Å². The van der Waals surface area contributed by atoms with Gasteiger partial charge < -0.3 is 39.7 Å². The van der Waals surface area contributed by atoms with Crippen LogP contribution in [0.2, 0.25) is 0 Å². The minimum atomic E-state index is -1.17. The number of carboxylic acid groups (broad SMARTS) is 1. The first-order valence-corrected chi connectivity index (χ1v) is 29.7. The molecule has 2 aromatic heterocycles. The number of Topliss-reactive ketones (excluding diaryl/α,β-unsaturated/α-hetero) is 2. The first-order valence-electron chi connectivity index (χ1n) is 29.7. The molecule has 0 aliphatic rings. The number of aromatic nitrogens is 2. The number of pyridine rings is 2. The number of rotatable bonds is 27. The molecule has 0 saturated heterocycles. The maximum atomic E-state index is 15.9. The van der Waals surface area contributed by atoms with Crippen LogP contribution in [0.3, 0.4) is 0 Å². The Morgan fingerprint density at radius 3 is 1.21 bits per heavy atom. The fourth-order valence-corrected chi connectivity index (χ4v) is 11.4. The fraction of sp³-hybridized carbons (Fsp3) is 0.457. The molecule has 0 radical (unpaired) electrons. The number of hydrogen-bond acceptors (Lipinski definition) is 10. The van der Waals surface area contributed by atoms with E-state index in [2.05, 4.69) is 0 Å². The number of carboxylic acids is 1. The Morgan fingerprint density at radius 2 is 0.899 bits per heavy atom. The van der Waals surface area contributed by atoms with Crippen LogP contribution in [0.4, 0.5) is 17.6 Å². The molecule has 0 amide bonds. The van der Waals surface area contributed by atoms with Crippen LogP contribution in [-0.2, 0) is 36.8 Å². The molecule has 0 fully saturated rings. The summed E-state index contributed by atoms with van der Waals surface area (Å²) in [6.07, 6.45) is 3.36. The van der Waals surface area contributed by atoms with Gasteiger partial charge in [0, 0.05) is 50.2 Å². The Hall–Kier alpha value is -6.78. The summed E-state index contributed by atoms with van der Waals surface area (Å²) < 4.78 is 68.9. The molecule has 89 heavy (non-hydrogen) atoms. The smallest absolute Gasteiger partial charge is 0.870 e. The summed E-state index contributed by atoms with van der Waals surface area (Å²) in [6.45, 7) is 21.9. The minimum Gasteiger partial charge on any atom is -0.870 e. The second kappa shape index (κ2) is 35.6. The molecule has 4 atom stereocenters. The number of aliphatic carboxylic acids is 1. The van der Waals surface area contributed by atoms with E-state index in [1.165, 1.54) is 22.9 Å². The van der Waals surface area contributed by atoms with Gasteiger partial charge in [-0.05, 0) is 228 Å².